The number of amides is 1. The molecule has 34 heavy (non-hydrogen) atoms. The van der Waals surface area contributed by atoms with Crippen molar-refractivity contribution >= 4 is 39.6 Å². The summed E-state index contributed by atoms with van der Waals surface area (Å²) >= 11 is 0. The molecule has 1 fully saturated rings. The number of para-hydroxylation sites is 2. The Balaban J connectivity index is 1.22. The first-order valence-corrected chi connectivity index (χ1v) is 11.6. The van der Waals surface area contributed by atoms with Gasteiger partial charge in [-0.15, -0.1) is 0 Å². The van der Waals surface area contributed by atoms with E-state index in [9.17, 15) is 4.79 Å². The fourth-order valence-electron chi connectivity index (χ4n) is 5.08. The van der Waals surface area contributed by atoms with Crippen LogP contribution in [0.25, 0.3) is 21.8 Å². The smallest absolute Gasteiger partial charge is 0.256 e. The van der Waals surface area contributed by atoms with E-state index >= 15 is 0 Å². The highest BCUT2D eigenvalue weighted by molar-refractivity contribution is 6.08. The molecule has 3 aromatic carbocycles. The van der Waals surface area contributed by atoms with Gasteiger partial charge < -0.3 is 18.9 Å². The first-order valence-electron chi connectivity index (χ1n) is 11.6. The molecule has 1 unspecified atom stereocenters. The number of carbonyl (C=O) groups excluding carboxylic acids is 1. The van der Waals surface area contributed by atoms with E-state index in [0.717, 1.165) is 19.4 Å². The van der Waals surface area contributed by atoms with Crippen LogP contribution in [0.15, 0.2) is 65.7 Å². The fraction of sp³-hybridized carbons (Fsp3) is 0.259. The summed E-state index contributed by atoms with van der Waals surface area (Å²) in [6.45, 7) is 1.64. The standard InChI is InChI=1S/C27H26N4O3/c1-33-25-13-21-22(29-15-18-7-6-12-30(18)27(21)32)14-26(25)34-17-28-16-31-23-10-4-2-8-19(23)20-9-3-5-11-24(20)31/h2-5,8-11,13-15,18,28H,6-7,12,16-17H2,1H3. The highest BCUT2D eigenvalue weighted by Gasteiger charge is 2.32. The van der Waals surface area contributed by atoms with Gasteiger partial charge in [0.2, 0.25) is 0 Å². The molecule has 3 heterocycles. The molecule has 172 valence electrons. The minimum Gasteiger partial charge on any atom is -0.493 e. The second-order valence-electron chi connectivity index (χ2n) is 8.67. The molecular formula is C27H26N4O3. The number of rotatable bonds is 6. The molecule has 6 rings (SSSR count). The van der Waals surface area contributed by atoms with Crippen LogP contribution >= 0.6 is 0 Å². The summed E-state index contributed by atoms with van der Waals surface area (Å²) in [6.07, 6.45) is 3.84. The first kappa shape index (κ1) is 20.7. The molecule has 0 radical (unpaired) electrons. The fourth-order valence-corrected chi connectivity index (χ4v) is 5.08. The highest BCUT2D eigenvalue weighted by Crippen LogP contribution is 2.38. The Kier molecular flexibility index (Phi) is 5.19. The third-order valence-corrected chi connectivity index (χ3v) is 6.74. The van der Waals surface area contributed by atoms with E-state index in [1.807, 2.05) is 11.1 Å². The minimum absolute atomic E-state index is 0.00402. The second kappa shape index (κ2) is 8.50. The minimum atomic E-state index is 0.00402. The molecule has 1 aromatic heterocycles. The first-order chi connectivity index (χ1) is 16.7. The summed E-state index contributed by atoms with van der Waals surface area (Å²) in [7, 11) is 1.59. The molecule has 1 saturated heterocycles. The third-order valence-electron chi connectivity index (χ3n) is 6.74. The van der Waals surface area contributed by atoms with Crippen LogP contribution in [0.1, 0.15) is 23.2 Å². The van der Waals surface area contributed by atoms with Crippen LogP contribution in [0.5, 0.6) is 11.5 Å². The van der Waals surface area contributed by atoms with Gasteiger partial charge in [-0.25, -0.2) is 0 Å². The zero-order chi connectivity index (χ0) is 23.1. The molecule has 1 amide bonds. The van der Waals surface area contributed by atoms with Gasteiger partial charge in [0, 0.05) is 29.6 Å². The normalized spacial score (nSPS) is 17.1. The summed E-state index contributed by atoms with van der Waals surface area (Å²) in [5.74, 6) is 1.09. The van der Waals surface area contributed by atoms with Crippen LogP contribution in [-0.4, -0.2) is 48.0 Å². The third kappa shape index (κ3) is 3.40. The number of nitrogens with zero attached hydrogens (tertiary/aromatic N) is 3. The number of hydrogen-bond acceptors (Lipinski definition) is 5. The van der Waals surface area contributed by atoms with Crippen molar-refractivity contribution in [3.63, 3.8) is 0 Å². The summed E-state index contributed by atoms with van der Waals surface area (Å²) < 4.78 is 13.8. The lowest BCUT2D eigenvalue weighted by atomic mass is 10.1. The van der Waals surface area contributed by atoms with E-state index in [1.165, 1.54) is 21.8 Å². The van der Waals surface area contributed by atoms with Crippen molar-refractivity contribution in [1.29, 1.82) is 0 Å². The van der Waals surface area contributed by atoms with Gasteiger partial charge in [0.05, 0.1) is 42.1 Å². The lowest BCUT2D eigenvalue weighted by Crippen LogP contribution is -2.35. The number of fused-ring (bicyclic) bond motifs is 5. The van der Waals surface area contributed by atoms with Gasteiger partial charge in [0.25, 0.3) is 5.91 Å². The Morgan fingerprint density at radius 3 is 2.50 bits per heavy atom. The van der Waals surface area contributed by atoms with Crippen LogP contribution in [-0.2, 0) is 6.67 Å². The number of methoxy groups -OCH3 is 1. The number of hydrogen-bond donors (Lipinski definition) is 1. The molecule has 7 nitrogen and oxygen atoms in total. The SMILES string of the molecule is COc1cc2c(cc1OCNCn1c3ccccc3c3ccccc31)N=CC1CCCN1C2=O. The van der Waals surface area contributed by atoms with Crippen molar-refractivity contribution in [2.45, 2.75) is 25.6 Å². The highest BCUT2D eigenvalue weighted by atomic mass is 16.5. The summed E-state index contributed by atoms with van der Waals surface area (Å²) in [5.41, 5.74) is 3.53. The molecule has 2 aliphatic rings. The van der Waals surface area contributed by atoms with E-state index in [0.29, 0.717) is 29.4 Å². The van der Waals surface area contributed by atoms with E-state index in [1.54, 1.807) is 19.2 Å². The zero-order valence-electron chi connectivity index (χ0n) is 19.0. The number of carbonyl (C=O) groups is 1. The summed E-state index contributed by atoms with van der Waals surface area (Å²) in [5, 5.41) is 5.84. The molecule has 0 aliphatic carbocycles. The molecule has 7 heteroatoms. The summed E-state index contributed by atoms with van der Waals surface area (Å²) in [4.78, 5) is 19.5. The van der Waals surface area contributed by atoms with Crippen LogP contribution < -0.4 is 14.8 Å². The molecule has 1 atom stereocenters. The number of ether oxygens (including phenoxy) is 2. The zero-order valence-corrected chi connectivity index (χ0v) is 19.0. The van der Waals surface area contributed by atoms with Gasteiger partial charge in [-0.05, 0) is 31.0 Å². The predicted octanol–water partition coefficient (Wildman–Crippen LogP) is 4.71. The van der Waals surface area contributed by atoms with E-state index in [4.69, 9.17) is 9.47 Å². The number of aromatic nitrogens is 1. The monoisotopic (exact) mass is 454 g/mol. The van der Waals surface area contributed by atoms with Crippen LogP contribution in [0.2, 0.25) is 0 Å². The predicted molar refractivity (Wildman–Crippen MR) is 133 cm³/mol. The molecular weight excluding hydrogens is 428 g/mol. The van der Waals surface area contributed by atoms with Gasteiger partial charge in [0.1, 0.15) is 6.73 Å². The van der Waals surface area contributed by atoms with Crippen molar-refractivity contribution in [2.75, 3.05) is 20.4 Å². The van der Waals surface area contributed by atoms with Gasteiger partial charge in [0.15, 0.2) is 11.5 Å². The number of benzene rings is 3. The molecule has 0 spiro atoms. The Bertz CT molecular complexity index is 1370. The maximum Gasteiger partial charge on any atom is 0.256 e. The maximum absolute atomic E-state index is 13.0. The van der Waals surface area contributed by atoms with Gasteiger partial charge >= 0.3 is 0 Å². The Labute approximate surface area is 197 Å². The lowest BCUT2D eigenvalue weighted by Gasteiger charge is -2.20. The van der Waals surface area contributed by atoms with Gasteiger partial charge in [-0.1, -0.05) is 36.4 Å². The summed E-state index contributed by atoms with van der Waals surface area (Å²) in [6, 6.07) is 20.4. The molecule has 0 saturated carbocycles. The average molecular weight is 455 g/mol. The molecule has 0 bridgehead atoms. The van der Waals surface area contributed by atoms with Crippen molar-refractivity contribution in [3.05, 3.63) is 66.2 Å². The van der Waals surface area contributed by atoms with Crippen molar-refractivity contribution < 1.29 is 14.3 Å². The average Bonchev–Trinajstić information content (AvgIpc) is 3.44. The van der Waals surface area contributed by atoms with Crippen molar-refractivity contribution in [2.24, 2.45) is 4.99 Å². The number of nitrogens with one attached hydrogen (secondary N) is 1. The molecule has 2 aliphatic heterocycles. The quantitative estimate of drug-likeness (QED) is 0.339. The van der Waals surface area contributed by atoms with Crippen molar-refractivity contribution in [3.8, 4) is 11.5 Å². The maximum atomic E-state index is 13.0. The molecule has 1 N–H and O–H groups in total. The topological polar surface area (TPSA) is 68.1 Å². The Hall–Kier alpha value is -3.84. The number of aliphatic imine (C=N–C) groups is 1. The van der Waals surface area contributed by atoms with E-state index in [-0.39, 0.29) is 18.7 Å². The van der Waals surface area contributed by atoms with E-state index in [2.05, 4.69) is 63.4 Å². The van der Waals surface area contributed by atoms with Gasteiger partial charge in [-0.3, -0.25) is 15.1 Å². The Morgan fingerprint density at radius 2 is 1.76 bits per heavy atom. The van der Waals surface area contributed by atoms with E-state index < -0.39 is 0 Å². The van der Waals surface area contributed by atoms with Crippen LogP contribution in [0, 0.1) is 0 Å². The Morgan fingerprint density at radius 1 is 1.03 bits per heavy atom. The lowest BCUT2D eigenvalue weighted by molar-refractivity contribution is 0.0774. The van der Waals surface area contributed by atoms with Crippen LogP contribution in [0.4, 0.5) is 5.69 Å². The van der Waals surface area contributed by atoms with Gasteiger partial charge in [-0.2, -0.15) is 0 Å². The molecule has 4 aromatic rings. The largest absolute Gasteiger partial charge is 0.493 e. The van der Waals surface area contributed by atoms with Crippen LogP contribution in [0.3, 0.4) is 0 Å². The second-order valence-corrected chi connectivity index (χ2v) is 8.67. The van der Waals surface area contributed by atoms with Crippen molar-refractivity contribution in [1.82, 2.24) is 14.8 Å².